The Morgan fingerprint density at radius 1 is 1.02 bits per heavy atom. The maximum absolute atomic E-state index is 12.8. The minimum absolute atomic E-state index is 0.0672. The summed E-state index contributed by atoms with van der Waals surface area (Å²) in [6, 6.07) is 18.3. The van der Waals surface area contributed by atoms with Crippen LogP contribution in [0.1, 0.15) is 46.2 Å². The van der Waals surface area contributed by atoms with Gasteiger partial charge in [0.15, 0.2) is 5.58 Å². The molecule has 1 amide bonds. The lowest BCUT2D eigenvalue weighted by Gasteiger charge is -2.36. The van der Waals surface area contributed by atoms with Crippen LogP contribution >= 0.6 is 11.3 Å². The Hall–Kier alpha value is -4.93. The second kappa shape index (κ2) is 12.7. The average molecular weight is 703 g/mol. The molecular formula is C39H38N6O5S. The van der Waals surface area contributed by atoms with E-state index in [4.69, 9.17) is 14.4 Å². The fraction of sp³-hybridized carbons (Fsp3) is 0.359. The van der Waals surface area contributed by atoms with Crippen molar-refractivity contribution in [2.24, 2.45) is 5.41 Å². The summed E-state index contributed by atoms with van der Waals surface area (Å²) < 4.78 is 6.28. The number of likely N-dealkylation sites (tertiary alicyclic amines) is 2. The predicted molar refractivity (Wildman–Crippen MR) is 193 cm³/mol. The highest BCUT2D eigenvalue weighted by Gasteiger charge is 2.40. The van der Waals surface area contributed by atoms with Gasteiger partial charge in [0, 0.05) is 42.2 Å². The summed E-state index contributed by atoms with van der Waals surface area (Å²) in [5.74, 6) is -0.280. The van der Waals surface area contributed by atoms with Gasteiger partial charge in [-0.1, -0.05) is 30.3 Å². The van der Waals surface area contributed by atoms with Crippen molar-refractivity contribution in [2.45, 2.75) is 52.9 Å². The molecule has 0 aliphatic carbocycles. The number of carboxylic acids is 1. The molecule has 1 atom stereocenters. The summed E-state index contributed by atoms with van der Waals surface area (Å²) in [4.78, 5) is 41.5. The van der Waals surface area contributed by atoms with Gasteiger partial charge in [-0.25, -0.2) is 9.97 Å². The lowest BCUT2D eigenvalue weighted by molar-refractivity contribution is -0.147. The van der Waals surface area contributed by atoms with Crippen molar-refractivity contribution >= 4 is 34.3 Å². The molecule has 2 fully saturated rings. The third-order valence-corrected chi connectivity index (χ3v) is 11.8. The van der Waals surface area contributed by atoms with Gasteiger partial charge >= 0.3 is 5.97 Å². The number of hydrogen-bond acceptors (Lipinski definition) is 10. The van der Waals surface area contributed by atoms with Crippen LogP contribution in [0.4, 0.5) is 0 Å². The Kier molecular flexibility index (Phi) is 8.26. The predicted octanol–water partition coefficient (Wildman–Crippen LogP) is 5.59. The van der Waals surface area contributed by atoms with Crippen molar-refractivity contribution in [3.63, 3.8) is 0 Å². The number of amides is 1. The number of carboxylic acid groups (broad SMARTS) is 1. The zero-order chi connectivity index (χ0) is 35.6. The number of aliphatic hydroxyl groups excluding tert-OH is 1. The highest BCUT2D eigenvalue weighted by Crippen LogP contribution is 2.41. The molecule has 11 nitrogen and oxygen atoms in total. The van der Waals surface area contributed by atoms with E-state index >= 15 is 0 Å². The van der Waals surface area contributed by atoms with E-state index in [0.29, 0.717) is 81.3 Å². The van der Waals surface area contributed by atoms with Crippen LogP contribution in [0.25, 0.3) is 44.3 Å². The van der Waals surface area contributed by atoms with E-state index in [1.807, 2.05) is 40.1 Å². The van der Waals surface area contributed by atoms with E-state index in [1.165, 1.54) is 0 Å². The number of carbonyl (C=O) groups excluding carboxylic acids is 1. The van der Waals surface area contributed by atoms with Crippen molar-refractivity contribution in [1.29, 1.82) is 5.26 Å². The average Bonchev–Trinajstić information content (AvgIpc) is 3.87. The number of benzene rings is 3. The summed E-state index contributed by atoms with van der Waals surface area (Å²) in [5, 5.41) is 30.2. The first-order valence-corrected chi connectivity index (χ1v) is 18.0. The second-order valence-corrected chi connectivity index (χ2v) is 15.5. The number of carbonyl (C=O) groups is 2. The molecule has 3 aromatic carbocycles. The van der Waals surface area contributed by atoms with Crippen LogP contribution in [-0.2, 0) is 29.2 Å². The third kappa shape index (κ3) is 6.00. The van der Waals surface area contributed by atoms with Gasteiger partial charge in [-0.15, -0.1) is 11.3 Å². The molecule has 51 heavy (non-hydrogen) atoms. The number of fused-ring (bicyclic) bond motifs is 2. The molecule has 2 saturated heterocycles. The fourth-order valence-electron chi connectivity index (χ4n) is 7.62. The normalized spacial score (nSPS) is 19.4. The zero-order valence-electron chi connectivity index (χ0n) is 28.8. The molecule has 3 aliphatic heterocycles. The smallest absolute Gasteiger partial charge is 0.310 e. The number of oxazole rings is 1. The van der Waals surface area contributed by atoms with Crippen LogP contribution in [0.15, 0.2) is 52.9 Å². The molecule has 260 valence electrons. The highest BCUT2D eigenvalue weighted by molar-refractivity contribution is 7.15. The first kappa shape index (κ1) is 33.2. The lowest BCUT2D eigenvalue weighted by atomic mass is 9.90. The molecule has 0 unspecified atom stereocenters. The van der Waals surface area contributed by atoms with Crippen LogP contribution in [0, 0.1) is 30.6 Å². The molecule has 2 aromatic heterocycles. The number of hydrogen-bond donors (Lipinski definition) is 2. The van der Waals surface area contributed by atoms with Crippen LogP contribution in [0.3, 0.4) is 0 Å². The molecule has 0 radical (unpaired) electrons. The van der Waals surface area contributed by atoms with Crippen molar-refractivity contribution in [3.8, 4) is 39.2 Å². The molecule has 0 saturated carbocycles. The topological polar surface area (TPSA) is 147 Å². The largest absolute Gasteiger partial charge is 0.481 e. The Labute approximate surface area is 299 Å². The van der Waals surface area contributed by atoms with Gasteiger partial charge in [-0.05, 0) is 79.8 Å². The van der Waals surface area contributed by atoms with Crippen LogP contribution in [-0.4, -0.2) is 85.6 Å². The maximum Gasteiger partial charge on any atom is 0.310 e. The summed E-state index contributed by atoms with van der Waals surface area (Å²) in [5.41, 5.74) is 8.62. The standard InChI is InChI=1S/C39H38N6O5S/c1-22-27(28-7-5-9-30(23(28)2)37-42-32-18-45(19-33(32)51-37)34(47)20-44-16-26(46)17-44)6-4-8-29(22)36-41-31-13-24(12-25(14-40)35(31)50-36)15-43-11-10-39(3,21-43)38(48)49/h4-9,12-13,26,46H,10-11,15-21H2,1-3H3,(H,48,49)/t39-/m1/s1. The number of aliphatic hydroxyl groups is 1. The minimum Gasteiger partial charge on any atom is -0.481 e. The fourth-order valence-corrected chi connectivity index (χ4v) is 8.79. The Balaban J connectivity index is 1.04. The van der Waals surface area contributed by atoms with E-state index in [0.717, 1.165) is 54.5 Å². The number of aromatic nitrogens is 2. The van der Waals surface area contributed by atoms with Crippen molar-refractivity contribution in [2.75, 3.05) is 32.7 Å². The number of nitrogens with zero attached hydrogens (tertiary/aromatic N) is 6. The molecule has 2 N–H and O–H groups in total. The molecule has 5 heterocycles. The van der Waals surface area contributed by atoms with Gasteiger partial charge in [-0.3, -0.25) is 19.4 Å². The van der Waals surface area contributed by atoms with Crippen LogP contribution in [0.5, 0.6) is 0 Å². The van der Waals surface area contributed by atoms with Gasteiger partial charge in [-0.2, -0.15) is 5.26 Å². The van der Waals surface area contributed by atoms with Gasteiger partial charge in [0.05, 0.1) is 42.4 Å². The molecular weight excluding hydrogens is 665 g/mol. The highest BCUT2D eigenvalue weighted by atomic mass is 32.1. The van der Waals surface area contributed by atoms with Crippen LogP contribution in [0.2, 0.25) is 0 Å². The van der Waals surface area contributed by atoms with E-state index in [-0.39, 0.29) is 12.0 Å². The summed E-state index contributed by atoms with van der Waals surface area (Å²) in [6.07, 6.45) is 0.259. The lowest BCUT2D eigenvalue weighted by Crippen LogP contribution is -2.53. The van der Waals surface area contributed by atoms with E-state index in [2.05, 4.69) is 43.0 Å². The summed E-state index contributed by atoms with van der Waals surface area (Å²) >= 11 is 1.64. The van der Waals surface area contributed by atoms with Gasteiger partial charge in [0.25, 0.3) is 0 Å². The maximum atomic E-state index is 12.8. The van der Waals surface area contributed by atoms with E-state index in [9.17, 15) is 25.1 Å². The van der Waals surface area contributed by atoms with Crippen molar-refractivity contribution in [1.82, 2.24) is 24.7 Å². The number of aliphatic carboxylic acids is 1. The Morgan fingerprint density at radius 3 is 2.39 bits per heavy atom. The molecule has 12 heteroatoms. The summed E-state index contributed by atoms with van der Waals surface area (Å²) in [7, 11) is 0. The molecule has 5 aromatic rings. The van der Waals surface area contributed by atoms with E-state index in [1.54, 1.807) is 18.3 Å². The monoisotopic (exact) mass is 702 g/mol. The van der Waals surface area contributed by atoms with Gasteiger partial charge in [0.1, 0.15) is 16.6 Å². The van der Waals surface area contributed by atoms with Crippen LogP contribution < -0.4 is 0 Å². The number of rotatable bonds is 8. The first-order chi connectivity index (χ1) is 24.5. The minimum atomic E-state index is -0.785. The first-order valence-electron chi connectivity index (χ1n) is 17.2. The molecule has 0 bridgehead atoms. The van der Waals surface area contributed by atoms with Gasteiger partial charge in [0.2, 0.25) is 11.8 Å². The molecule has 0 spiro atoms. The van der Waals surface area contributed by atoms with Crippen molar-refractivity contribution < 1.29 is 24.2 Å². The molecule has 8 rings (SSSR count). The number of β-amino-alcohol motifs (C(OH)–C–C–N with tert-alkyl or cyclic N) is 1. The zero-order valence-corrected chi connectivity index (χ0v) is 29.6. The Bertz CT molecular complexity index is 2240. The molecule has 3 aliphatic rings. The van der Waals surface area contributed by atoms with E-state index < -0.39 is 11.4 Å². The summed E-state index contributed by atoms with van der Waals surface area (Å²) in [6.45, 7) is 10.1. The van der Waals surface area contributed by atoms with Gasteiger partial charge < -0.3 is 19.5 Å². The number of nitriles is 1. The quantitative estimate of drug-likeness (QED) is 0.210. The van der Waals surface area contributed by atoms with Crippen molar-refractivity contribution in [3.05, 3.63) is 81.4 Å². The third-order valence-electron chi connectivity index (χ3n) is 10.7. The number of thiazole rings is 1. The SMILES string of the molecule is Cc1c(-c2nc3cc(CN4CC[C@@](C)(C(=O)O)C4)cc(C#N)c3o2)cccc1-c1cccc(-c2nc3c(s2)CN(C(=O)CN2CC(O)C2)C3)c1C. The Morgan fingerprint density at radius 2 is 1.73 bits per heavy atom. The second-order valence-electron chi connectivity index (χ2n) is 14.4.